The van der Waals surface area contributed by atoms with Crippen LogP contribution in [0.15, 0.2) is 48.5 Å². The second-order valence-corrected chi connectivity index (χ2v) is 7.20. The zero-order chi connectivity index (χ0) is 20.3. The van der Waals surface area contributed by atoms with Crippen LogP contribution >= 0.6 is 0 Å². The predicted molar refractivity (Wildman–Crippen MR) is 108 cm³/mol. The number of halogens is 1. The van der Waals surface area contributed by atoms with Gasteiger partial charge in [0, 0.05) is 44.5 Å². The number of anilines is 1. The quantitative estimate of drug-likeness (QED) is 0.815. The molecule has 3 rings (SSSR count). The maximum Gasteiger partial charge on any atom is 0.254 e. The smallest absolute Gasteiger partial charge is 0.254 e. The summed E-state index contributed by atoms with van der Waals surface area (Å²) in [7, 11) is 1.78. The molecular formula is C22H26FN3O2. The Bertz CT molecular complexity index is 848. The Morgan fingerprint density at radius 3 is 2.29 bits per heavy atom. The molecule has 1 heterocycles. The lowest BCUT2D eigenvalue weighted by Gasteiger charge is -2.38. The first-order valence-electron chi connectivity index (χ1n) is 9.50. The third kappa shape index (κ3) is 4.22. The Hall–Kier alpha value is -2.73. The first-order valence-corrected chi connectivity index (χ1v) is 9.50. The van der Waals surface area contributed by atoms with Crippen molar-refractivity contribution in [2.24, 2.45) is 0 Å². The molecule has 0 saturated carbocycles. The summed E-state index contributed by atoms with van der Waals surface area (Å²) in [5.41, 5.74) is 1.75. The maximum absolute atomic E-state index is 13.8. The second-order valence-electron chi connectivity index (χ2n) is 7.20. The van der Waals surface area contributed by atoms with E-state index in [0.717, 1.165) is 5.69 Å². The van der Waals surface area contributed by atoms with Crippen LogP contribution in [0, 0.1) is 12.7 Å². The lowest BCUT2D eigenvalue weighted by Crippen LogP contribution is -2.55. The number of hydrogen-bond donors (Lipinski definition) is 0. The molecule has 2 aromatic rings. The van der Waals surface area contributed by atoms with Crippen LogP contribution in [0.25, 0.3) is 0 Å². The van der Waals surface area contributed by atoms with Crippen molar-refractivity contribution in [1.29, 1.82) is 0 Å². The van der Waals surface area contributed by atoms with Crippen molar-refractivity contribution in [3.05, 3.63) is 65.5 Å². The molecule has 148 valence electrons. The van der Waals surface area contributed by atoms with Crippen molar-refractivity contribution in [2.75, 3.05) is 38.1 Å². The van der Waals surface area contributed by atoms with Crippen LogP contribution in [0.1, 0.15) is 22.8 Å². The van der Waals surface area contributed by atoms with E-state index in [2.05, 4.69) is 4.90 Å². The highest BCUT2D eigenvalue weighted by Crippen LogP contribution is 2.17. The number of nitrogens with zero attached hydrogens (tertiary/aromatic N) is 3. The molecule has 1 unspecified atom stereocenters. The Labute approximate surface area is 165 Å². The van der Waals surface area contributed by atoms with E-state index in [-0.39, 0.29) is 23.7 Å². The Morgan fingerprint density at radius 2 is 1.68 bits per heavy atom. The Balaban J connectivity index is 1.59. The number of amides is 2. The molecule has 0 aromatic heterocycles. The van der Waals surface area contributed by atoms with Gasteiger partial charge in [0.2, 0.25) is 5.91 Å². The zero-order valence-electron chi connectivity index (χ0n) is 16.6. The molecule has 0 aliphatic carbocycles. The lowest BCUT2D eigenvalue weighted by molar-refractivity contribution is -0.123. The van der Waals surface area contributed by atoms with Gasteiger partial charge in [-0.25, -0.2) is 4.39 Å². The summed E-state index contributed by atoms with van der Waals surface area (Å²) >= 11 is 0. The van der Waals surface area contributed by atoms with E-state index in [0.29, 0.717) is 37.3 Å². The van der Waals surface area contributed by atoms with Crippen LogP contribution in [0.2, 0.25) is 0 Å². The predicted octanol–water partition coefficient (Wildman–Crippen LogP) is 2.94. The summed E-state index contributed by atoms with van der Waals surface area (Å²) in [5, 5.41) is 0. The fourth-order valence-electron chi connectivity index (χ4n) is 3.44. The molecule has 0 bridgehead atoms. The molecule has 28 heavy (non-hydrogen) atoms. The molecule has 0 radical (unpaired) electrons. The highest BCUT2D eigenvalue weighted by molar-refractivity contribution is 5.96. The number of carbonyl (C=O) groups is 2. The fourth-order valence-corrected chi connectivity index (χ4v) is 3.44. The first-order chi connectivity index (χ1) is 13.4. The Kier molecular flexibility index (Phi) is 6.09. The van der Waals surface area contributed by atoms with Gasteiger partial charge < -0.3 is 9.80 Å². The SMILES string of the molecule is Cc1ccc(C(=O)N2CCN(C(C)C(=O)N(C)c3ccccc3)CC2)cc1F. The van der Waals surface area contributed by atoms with E-state index >= 15 is 0 Å². The van der Waals surface area contributed by atoms with Gasteiger partial charge in [-0.05, 0) is 43.7 Å². The van der Waals surface area contributed by atoms with Gasteiger partial charge >= 0.3 is 0 Å². The van der Waals surface area contributed by atoms with Gasteiger partial charge in [0.25, 0.3) is 5.91 Å². The molecule has 6 heteroatoms. The molecule has 1 saturated heterocycles. The standard InChI is InChI=1S/C22H26FN3O2/c1-16-9-10-18(15-20(16)23)22(28)26-13-11-25(12-14-26)17(2)21(27)24(3)19-7-5-4-6-8-19/h4-10,15,17H,11-14H2,1-3H3. The van der Waals surface area contributed by atoms with Crippen LogP contribution in [0.5, 0.6) is 0 Å². The number of benzene rings is 2. The van der Waals surface area contributed by atoms with Crippen LogP contribution < -0.4 is 4.90 Å². The molecule has 1 atom stereocenters. The van der Waals surface area contributed by atoms with E-state index in [1.165, 1.54) is 6.07 Å². The summed E-state index contributed by atoms with van der Waals surface area (Å²) < 4.78 is 13.8. The minimum absolute atomic E-state index is 0.0200. The molecule has 5 nitrogen and oxygen atoms in total. The first kappa shape index (κ1) is 20.0. The molecule has 0 spiro atoms. The van der Waals surface area contributed by atoms with E-state index in [9.17, 15) is 14.0 Å². The monoisotopic (exact) mass is 383 g/mol. The van der Waals surface area contributed by atoms with E-state index in [4.69, 9.17) is 0 Å². The van der Waals surface area contributed by atoms with Gasteiger partial charge in [-0.15, -0.1) is 0 Å². The van der Waals surface area contributed by atoms with Crippen molar-refractivity contribution >= 4 is 17.5 Å². The topological polar surface area (TPSA) is 43.9 Å². The second kappa shape index (κ2) is 8.52. The average Bonchev–Trinajstić information content (AvgIpc) is 2.74. The molecule has 2 amide bonds. The largest absolute Gasteiger partial charge is 0.336 e. The molecule has 1 aliphatic rings. The van der Waals surface area contributed by atoms with Crippen molar-refractivity contribution in [1.82, 2.24) is 9.80 Å². The summed E-state index contributed by atoms with van der Waals surface area (Å²) in [6, 6.07) is 13.8. The summed E-state index contributed by atoms with van der Waals surface area (Å²) in [5.74, 6) is -0.516. The van der Waals surface area contributed by atoms with Gasteiger partial charge in [0.1, 0.15) is 5.82 Å². The normalized spacial score (nSPS) is 15.9. The third-order valence-corrected chi connectivity index (χ3v) is 5.40. The van der Waals surface area contributed by atoms with E-state index < -0.39 is 0 Å². The third-order valence-electron chi connectivity index (χ3n) is 5.40. The maximum atomic E-state index is 13.8. The van der Waals surface area contributed by atoms with Gasteiger partial charge in [-0.2, -0.15) is 0 Å². The van der Waals surface area contributed by atoms with Crippen LogP contribution in [0.3, 0.4) is 0 Å². The summed E-state index contributed by atoms with van der Waals surface area (Å²) in [6.07, 6.45) is 0. The lowest BCUT2D eigenvalue weighted by atomic mass is 10.1. The average molecular weight is 383 g/mol. The highest BCUT2D eigenvalue weighted by Gasteiger charge is 2.29. The summed E-state index contributed by atoms with van der Waals surface area (Å²) in [6.45, 7) is 5.81. The van der Waals surface area contributed by atoms with Crippen molar-refractivity contribution in [3.63, 3.8) is 0 Å². The van der Waals surface area contributed by atoms with Crippen LogP contribution in [0.4, 0.5) is 10.1 Å². The molecule has 2 aromatic carbocycles. The number of para-hydroxylation sites is 1. The minimum Gasteiger partial charge on any atom is -0.336 e. The van der Waals surface area contributed by atoms with Crippen LogP contribution in [-0.4, -0.2) is 60.9 Å². The Morgan fingerprint density at radius 1 is 1.04 bits per heavy atom. The highest BCUT2D eigenvalue weighted by atomic mass is 19.1. The van der Waals surface area contributed by atoms with Gasteiger partial charge in [0.05, 0.1) is 6.04 Å². The molecule has 1 fully saturated rings. The number of likely N-dealkylation sites (N-methyl/N-ethyl adjacent to an activating group) is 1. The van der Waals surface area contributed by atoms with Crippen molar-refractivity contribution in [3.8, 4) is 0 Å². The van der Waals surface area contributed by atoms with Crippen molar-refractivity contribution < 1.29 is 14.0 Å². The number of carbonyl (C=O) groups excluding carboxylic acids is 2. The van der Waals surface area contributed by atoms with E-state index in [1.54, 1.807) is 35.9 Å². The number of hydrogen-bond acceptors (Lipinski definition) is 3. The number of piperazine rings is 1. The van der Waals surface area contributed by atoms with Gasteiger partial charge in [0.15, 0.2) is 0 Å². The molecule has 0 N–H and O–H groups in total. The fraction of sp³-hybridized carbons (Fsp3) is 0.364. The zero-order valence-corrected chi connectivity index (χ0v) is 16.6. The summed E-state index contributed by atoms with van der Waals surface area (Å²) in [4.78, 5) is 30.9. The minimum atomic E-state index is -0.368. The van der Waals surface area contributed by atoms with Gasteiger partial charge in [-0.1, -0.05) is 24.3 Å². The van der Waals surface area contributed by atoms with Crippen molar-refractivity contribution in [2.45, 2.75) is 19.9 Å². The van der Waals surface area contributed by atoms with Crippen LogP contribution in [-0.2, 0) is 4.79 Å². The molecule has 1 aliphatic heterocycles. The number of aryl methyl sites for hydroxylation is 1. The number of rotatable bonds is 4. The molecular weight excluding hydrogens is 357 g/mol. The van der Waals surface area contributed by atoms with Gasteiger partial charge in [-0.3, -0.25) is 14.5 Å². The van der Waals surface area contributed by atoms with E-state index in [1.807, 2.05) is 37.3 Å².